The minimum atomic E-state index is -0.524. The van der Waals surface area contributed by atoms with Crippen molar-refractivity contribution in [3.8, 4) is 0 Å². The van der Waals surface area contributed by atoms with Crippen molar-refractivity contribution in [2.24, 2.45) is 11.1 Å². The van der Waals surface area contributed by atoms with Gasteiger partial charge >= 0.3 is 0 Å². The number of nitrogen functional groups attached to an aromatic ring is 1. The zero-order valence-electron chi connectivity index (χ0n) is 9.99. The van der Waals surface area contributed by atoms with Crippen molar-refractivity contribution in [2.45, 2.75) is 26.2 Å². The first-order valence-corrected chi connectivity index (χ1v) is 5.85. The van der Waals surface area contributed by atoms with Gasteiger partial charge in [-0.3, -0.25) is 4.79 Å². The summed E-state index contributed by atoms with van der Waals surface area (Å²) >= 11 is 0. The SMILES string of the molecule is CCC1(CNc2cc(C(N)=O)c(N)cn2)CC1. The van der Waals surface area contributed by atoms with Crippen LogP contribution in [0.4, 0.5) is 11.5 Å². The average Bonchev–Trinajstić information content (AvgIpc) is 3.08. The summed E-state index contributed by atoms with van der Waals surface area (Å²) in [6, 6.07) is 1.61. The number of aromatic nitrogens is 1. The Bertz CT molecular complexity index is 440. The quantitative estimate of drug-likeness (QED) is 0.717. The third-order valence-electron chi connectivity index (χ3n) is 3.55. The normalized spacial score (nSPS) is 16.5. The van der Waals surface area contributed by atoms with Crippen LogP contribution in [0.15, 0.2) is 12.3 Å². The van der Waals surface area contributed by atoms with Crippen molar-refractivity contribution in [1.82, 2.24) is 4.98 Å². The molecule has 5 nitrogen and oxygen atoms in total. The van der Waals surface area contributed by atoms with E-state index in [0.717, 1.165) is 13.0 Å². The van der Waals surface area contributed by atoms with E-state index in [1.165, 1.54) is 19.0 Å². The van der Waals surface area contributed by atoms with Gasteiger partial charge in [-0.15, -0.1) is 0 Å². The van der Waals surface area contributed by atoms with E-state index in [1.807, 2.05) is 0 Å². The predicted octanol–water partition coefficient (Wildman–Crippen LogP) is 1.36. The molecule has 0 unspecified atom stereocenters. The molecule has 17 heavy (non-hydrogen) atoms. The first-order chi connectivity index (χ1) is 8.06. The second kappa shape index (κ2) is 4.24. The van der Waals surface area contributed by atoms with Crippen LogP contribution in [0.2, 0.25) is 0 Å². The van der Waals surface area contributed by atoms with Crippen LogP contribution >= 0.6 is 0 Å². The van der Waals surface area contributed by atoms with Crippen molar-refractivity contribution in [1.29, 1.82) is 0 Å². The molecule has 0 aromatic carbocycles. The van der Waals surface area contributed by atoms with Gasteiger partial charge in [-0.05, 0) is 30.7 Å². The van der Waals surface area contributed by atoms with Crippen LogP contribution in [0.1, 0.15) is 36.5 Å². The van der Waals surface area contributed by atoms with Crippen molar-refractivity contribution >= 4 is 17.4 Å². The number of pyridine rings is 1. The summed E-state index contributed by atoms with van der Waals surface area (Å²) in [4.78, 5) is 15.3. The van der Waals surface area contributed by atoms with Crippen LogP contribution in [-0.2, 0) is 0 Å². The molecule has 0 spiro atoms. The summed E-state index contributed by atoms with van der Waals surface area (Å²) in [6.45, 7) is 3.08. The van der Waals surface area contributed by atoms with Gasteiger partial charge < -0.3 is 16.8 Å². The molecular formula is C12H18N4O. The number of nitrogens with one attached hydrogen (secondary N) is 1. The second-order valence-electron chi connectivity index (χ2n) is 4.73. The van der Waals surface area contributed by atoms with Crippen molar-refractivity contribution in [2.75, 3.05) is 17.6 Å². The number of amides is 1. The van der Waals surface area contributed by atoms with E-state index in [1.54, 1.807) is 6.07 Å². The lowest BCUT2D eigenvalue weighted by Gasteiger charge is -2.14. The molecule has 1 heterocycles. The van der Waals surface area contributed by atoms with Gasteiger partial charge in [0.25, 0.3) is 5.91 Å². The molecule has 1 amide bonds. The lowest BCUT2D eigenvalue weighted by molar-refractivity contribution is 0.100. The van der Waals surface area contributed by atoms with E-state index < -0.39 is 5.91 Å². The average molecular weight is 234 g/mol. The summed E-state index contributed by atoms with van der Waals surface area (Å²) in [5.74, 6) is 0.136. The van der Waals surface area contributed by atoms with Crippen LogP contribution in [0.5, 0.6) is 0 Å². The molecule has 0 radical (unpaired) electrons. The van der Waals surface area contributed by atoms with E-state index in [9.17, 15) is 4.79 Å². The Morgan fingerprint density at radius 2 is 2.29 bits per heavy atom. The van der Waals surface area contributed by atoms with Gasteiger partial charge in [0.2, 0.25) is 0 Å². The van der Waals surface area contributed by atoms with Crippen LogP contribution in [0.25, 0.3) is 0 Å². The summed E-state index contributed by atoms with van der Waals surface area (Å²) < 4.78 is 0. The molecular weight excluding hydrogens is 216 g/mol. The van der Waals surface area contributed by atoms with Gasteiger partial charge in [-0.2, -0.15) is 0 Å². The number of anilines is 2. The number of carbonyl (C=O) groups excluding carboxylic acids is 1. The Morgan fingerprint density at radius 3 is 2.82 bits per heavy atom. The molecule has 0 bridgehead atoms. The number of nitrogens with two attached hydrogens (primary N) is 2. The fourth-order valence-corrected chi connectivity index (χ4v) is 1.89. The molecule has 2 rings (SSSR count). The van der Waals surface area contributed by atoms with E-state index in [2.05, 4.69) is 17.2 Å². The molecule has 1 aromatic rings. The molecule has 1 saturated carbocycles. The van der Waals surface area contributed by atoms with Gasteiger partial charge in [-0.1, -0.05) is 6.92 Å². The molecule has 5 heteroatoms. The highest BCUT2D eigenvalue weighted by atomic mass is 16.1. The summed E-state index contributed by atoms with van der Waals surface area (Å²) in [5, 5.41) is 3.25. The number of hydrogen-bond donors (Lipinski definition) is 3. The molecule has 0 saturated heterocycles. The first kappa shape index (κ1) is 11.7. The van der Waals surface area contributed by atoms with E-state index in [4.69, 9.17) is 11.5 Å². The summed E-state index contributed by atoms with van der Waals surface area (Å²) in [6.07, 6.45) is 5.15. The predicted molar refractivity (Wildman–Crippen MR) is 67.6 cm³/mol. The molecule has 5 N–H and O–H groups in total. The Morgan fingerprint density at radius 1 is 1.59 bits per heavy atom. The van der Waals surface area contributed by atoms with Crippen molar-refractivity contribution in [3.63, 3.8) is 0 Å². The van der Waals surface area contributed by atoms with E-state index in [0.29, 0.717) is 22.5 Å². The van der Waals surface area contributed by atoms with Crippen LogP contribution in [0.3, 0.4) is 0 Å². The highest BCUT2D eigenvalue weighted by Gasteiger charge is 2.40. The molecule has 1 aromatic heterocycles. The van der Waals surface area contributed by atoms with Gasteiger partial charge in [0.15, 0.2) is 0 Å². The third-order valence-corrected chi connectivity index (χ3v) is 3.55. The Kier molecular flexibility index (Phi) is 2.92. The fraction of sp³-hybridized carbons (Fsp3) is 0.500. The highest BCUT2D eigenvalue weighted by molar-refractivity contribution is 5.98. The molecule has 0 atom stereocenters. The minimum absolute atomic E-state index is 0.319. The zero-order valence-corrected chi connectivity index (χ0v) is 9.99. The number of nitrogens with zero attached hydrogens (tertiary/aromatic N) is 1. The van der Waals surface area contributed by atoms with Crippen LogP contribution < -0.4 is 16.8 Å². The fourth-order valence-electron chi connectivity index (χ4n) is 1.89. The number of rotatable bonds is 5. The highest BCUT2D eigenvalue weighted by Crippen LogP contribution is 2.48. The van der Waals surface area contributed by atoms with E-state index >= 15 is 0 Å². The second-order valence-corrected chi connectivity index (χ2v) is 4.73. The summed E-state index contributed by atoms with van der Waals surface area (Å²) in [5.41, 5.74) is 11.9. The molecule has 92 valence electrons. The Balaban J connectivity index is 2.06. The molecule has 1 aliphatic carbocycles. The number of hydrogen-bond acceptors (Lipinski definition) is 4. The third kappa shape index (κ3) is 2.49. The Labute approximate surface area is 101 Å². The number of carbonyl (C=O) groups is 1. The van der Waals surface area contributed by atoms with E-state index in [-0.39, 0.29) is 0 Å². The maximum atomic E-state index is 11.1. The molecule has 0 aliphatic heterocycles. The zero-order chi connectivity index (χ0) is 12.5. The number of primary amides is 1. The van der Waals surface area contributed by atoms with Gasteiger partial charge in [0.1, 0.15) is 5.82 Å². The maximum Gasteiger partial charge on any atom is 0.250 e. The molecule has 1 fully saturated rings. The lowest BCUT2D eigenvalue weighted by Crippen LogP contribution is -2.17. The topological polar surface area (TPSA) is 94.0 Å². The van der Waals surface area contributed by atoms with Gasteiger partial charge in [-0.25, -0.2) is 4.98 Å². The Hall–Kier alpha value is -1.78. The minimum Gasteiger partial charge on any atom is -0.397 e. The smallest absolute Gasteiger partial charge is 0.250 e. The first-order valence-electron chi connectivity index (χ1n) is 5.85. The maximum absolute atomic E-state index is 11.1. The van der Waals surface area contributed by atoms with Gasteiger partial charge in [0, 0.05) is 6.54 Å². The monoisotopic (exact) mass is 234 g/mol. The van der Waals surface area contributed by atoms with Gasteiger partial charge in [0.05, 0.1) is 17.4 Å². The van der Waals surface area contributed by atoms with Crippen LogP contribution in [0, 0.1) is 5.41 Å². The largest absolute Gasteiger partial charge is 0.397 e. The molecule has 1 aliphatic rings. The summed E-state index contributed by atoms with van der Waals surface area (Å²) in [7, 11) is 0. The lowest BCUT2D eigenvalue weighted by atomic mass is 10.0. The van der Waals surface area contributed by atoms with Crippen molar-refractivity contribution < 1.29 is 4.79 Å². The van der Waals surface area contributed by atoms with Crippen LogP contribution in [-0.4, -0.2) is 17.4 Å². The standard InChI is InChI=1S/C12H18N4O/c1-2-12(3-4-12)7-16-10-5-8(11(14)17)9(13)6-15-10/h5-6H,2-4,7,13H2,1H3,(H2,14,17)(H,15,16). The van der Waals surface area contributed by atoms with Crippen molar-refractivity contribution in [3.05, 3.63) is 17.8 Å².